The van der Waals surface area contributed by atoms with Crippen LogP contribution in [0.1, 0.15) is 34.6 Å². The fraction of sp³-hybridized carbons (Fsp3) is 0.214. The highest BCUT2D eigenvalue weighted by molar-refractivity contribution is 6.26. The van der Waals surface area contributed by atoms with Crippen molar-refractivity contribution >= 4 is 17.9 Å². The first-order chi connectivity index (χ1) is 8.38. The van der Waals surface area contributed by atoms with Crippen LogP contribution in [0.2, 0.25) is 0 Å². The Morgan fingerprint density at radius 1 is 1.22 bits per heavy atom. The van der Waals surface area contributed by atoms with Crippen molar-refractivity contribution in [2.45, 2.75) is 13.8 Å². The van der Waals surface area contributed by atoms with Crippen molar-refractivity contribution < 1.29 is 19.5 Å². The molecule has 0 aliphatic heterocycles. The number of hydrogen-bond donors (Lipinski definition) is 1. The zero-order valence-corrected chi connectivity index (χ0v) is 10.1. The van der Waals surface area contributed by atoms with Crippen LogP contribution in [0.5, 0.6) is 5.75 Å². The number of hydrogen-bond acceptors (Lipinski definition) is 4. The Balaban J connectivity index is 2.67. The van der Waals surface area contributed by atoms with E-state index in [9.17, 15) is 19.5 Å². The van der Waals surface area contributed by atoms with Gasteiger partial charge in [-0.2, -0.15) is 0 Å². The summed E-state index contributed by atoms with van der Waals surface area (Å²) in [5.74, 6) is -1.08. The first-order valence-corrected chi connectivity index (χ1v) is 5.48. The number of Topliss-reactive ketones (excluding diaryl/α,β-unsaturated/α-hetero) is 1. The lowest BCUT2D eigenvalue weighted by molar-refractivity contribution is -0.113. The number of rotatable bonds is 2. The number of benzene rings is 1. The predicted molar refractivity (Wildman–Crippen MR) is 64.7 cm³/mol. The summed E-state index contributed by atoms with van der Waals surface area (Å²) in [4.78, 5) is 35.2. The molecule has 1 aromatic carbocycles. The summed E-state index contributed by atoms with van der Waals surface area (Å²) in [6, 6.07) is 4.33. The maximum absolute atomic E-state index is 12.2. The van der Waals surface area contributed by atoms with Gasteiger partial charge >= 0.3 is 0 Å². The molecule has 0 unspecified atom stereocenters. The molecule has 0 spiro atoms. The number of phenolic OH excluding ortho intramolecular Hbond substituents is 1. The normalized spacial score (nSPS) is 15.1. The molecule has 0 atom stereocenters. The largest absolute Gasteiger partial charge is 0.507 e. The standard InChI is InChI=1S/C14H12O4/c1-14(2,7-15)9-6-11(17)8-4-3-5-10(16)12(8)13(9)18/h3-7,16H,1-2H3. The second kappa shape index (κ2) is 3.91. The summed E-state index contributed by atoms with van der Waals surface area (Å²) in [5.41, 5.74) is -0.788. The van der Waals surface area contributed by atoms with Crippen molar-refractivity contribution in [1.82, 2.24) is 0 Å². The van der Waals surface area contributed by atoms with E-state index in [4.69, 9.17) is 0 Å². The van der Waals surface area contributed by atoms with E-state index in [1.165, 1.54) is 24.3 Å². The average Bonchev–Trinajstić information content (AvgIpc) is 2.33. The molecule has 92 valence electrons. The molecule has 1 aliphatic rings. The molecule has 1 aliphatic carbocycles. The van der Waals surface area contributed by atoms with Crippen LogP contribution in [-0.2, 0) is 4.79 Å². The molecule has 0 aromatic heterocycles. The van der Waals surface area contributed by atoms with Crippen molar-refractivity contribution in [3.63, 3.8) is 0 Å². The quantitative estimate of drug-likeness (QED) is 0.807. The van der Waals surface area contributed by atoms with Gasteiger partial charge in [0.2, 0.25) is 0 Å². The van der Waals surface area contributed by atoms with E-state index < -0.39 is 11.2 Å². The number of fused-ring (bicyclic) bond motifs is 1. The maximum Gasteiger partial charge on any atom is 0.194 e. The highest BCUT2D eigenvalue weighted by Gasteiger charge is 2.36. The van der Waals surface area contributed by atoms with Crippen LogP contribution < -0.4 is 0 Å². The minimum Gasteiger partial charge on any atom is -0.507 e. The number of aldehydes is 1. The van der Waals surface area contributed by atoms with Gasteiger partial charge in [0.05, 0.1) is 5.56 Å². The molecule has 0 radical (unpaired) electrons. The van der Waals surface area contributed by atoms with Gasteiger partial charge in [0, 0.05) is 16.6 Å². The van der Waals surface area contributed by atoms with Crippen molar-refractivity contribution in [1.29, 1.82) is 0 Å². The van der Waals surface area contributed by atoms with Gasteiger partial charge in [-0.05, 0) is 26.0 Å². The highest BCUT2D eigenvalue weighted by atomic mass is 16.3. The summed E-state index contributed by atoms with van der Waals surface area (Å²) >= 11 is 0. The maximum atomic E-state index is 12.2. The number of allylic oxidation sites excluding steroid dienone is 2. The topological polar surface area (TPSA) is 71.4 Å². The Hall–Kier alpha value is -2.23. The van der Waals surface area contributed by atoms with Gasteiger partial charge in [0.15, 0.2) is 11.6 Å². The molecular weight excluding hydrogens is 232 g/mol. The van der Waals surface area contributed by atoms with E-state index in [2.05, 4.69) is 0 Å². The monoisotopic (exact) mass is 244 g/mol. The van der Waals surface area contributed by atoms with Crippen molar-refractivity contribution in [2.24, 2.45) is 5.41 Å². The number of phenols is 1. The van der Waals surface area contributed by atoms with E-state index >= 15 is 0 Å². The van der Waals surface area contributed by atoms with Gasteiger partial charge in [-0.1, -0.05) is 12.1 Å². The number of aromatic hydroxyl groups is 1. The van der Waals surface area contributed by atoms with Gasteiger partial charge < -0.3 is 9.90 Å². The second-order valence-electron chi connectivity index (χ2n) is 4.79. The first kappa shape index (κ1) is 12.2. The van der Waals surface area contributed by atoms with Crippen molar-refractivity contribution in [2.75, 3.05) is 0 Å². The lowest BCUT2D eigenvalue weighted by atomic mass is 9.76. The number of carbonyl (C=O) groups is 3. The van der Waals surface area contributed by atoms with E-state index in [-0.39, 0.29) is 28.2 Å². The molecular formula is C14H12O4. The van der Waals surface area contributed by atoms with Crippen LogP contribution in [0.25, 0.3) is 0 Å². The molecule has 0 saturated heterocycles. The Bertz CT molecular complexity index is 594. The minimum absolute atomic E-state index is 0.0186. The summed E-state index contributed by atoms with van der Waals surface area (Å²) in [7, 11) is 0. The Labute approximate surface area is 104 Å². The van der Waals surface area contributed by atoms with E-state index in [1.54, 1.807) is 13.8 Å². The molecule has 18 heavy (non-hydrogen) atoms. The third-order valence-electron chi connectivity index (χ3n) is 3.04. The third kappa shape index (κ3) is 1.66. The van der Waals surface area contributed by atoms with Crippen LogP contribution in [0.4, 0.5) is 0 Å². The molecule has 0 amide bonds. The highest BCUT2D eigenvalue weighted by Crippen LogP contribution is 2.35. The molecule has 4 heteroatoms. The van der Waals surface area contributed by atoms with Gasteiger partial charge in [0.1, 0.15) is 12.0 Å². The molecule has 0 saturated carbocycles. The lowest BCUT2D eigenvalue weighted by Gasteiger charge is -2.24. The fourth-order valence-electron chi connectivity index (χ4n) is 1.94. The van der Waals surface area contributed by atoms with Gasteiger partial charge in [-0.25, -0.2) is 0 Å². The molecule has 0 heterocycles. The lowest BCUT2D eigenvalue weighted by Crippen LogP contribution is -2.28. The molecule has 1 aromatic rings. The summed E-state index contributed by atoms with van der Waals surface area (Å²) in [5, 5.41) is 9.71. The van der Waals surface area contributed by atoms with Crippen molar-refractivity contribution in [3.05, 3.63) is 41.0 Å². The number of carbonyl (C=O) groups excluding carboxylic acids is 3. The summed E-state index contributed by atoms with van der Waals surface area (Å²) < 4.78 is 0. The van der Waals surface area contributed by atoms with Crippen LogP contribution in [0.3, 0.4) is 0 Å². The van der Waals surface area contributed by atoms with Crippen LogP contribution >= 0.6 is 0 Å². The van der Waals surface area contributed by atoms with E-state index in [0.29, 0.717) is 6.29 Å². The Kier molecular flexibility index (Phi) is 2.66. The minimum atomic E-state index is -1.05. The van der Waals surface area contributed by atoms with Gasteiger partial charge in [-0.15, -0.1) is 0 Å². The van der Waals surface area contributed by atoms with Gasteiger partial charge in [-0.3, -0.25) is 9.59 Å². The Morgan fingerprint density at radius 3 is 2.50 bits per heavy atom. The predicted octanol–water partition coefficient (Wildman–Crippen LogP) is 1.92. The molecule has 2 rings (SSSR count). The van der Waals surface area contributed by atoms with Crippen LogP contribution in [0.15, 0.2) is 29.8 Å². The zero-order valence-electron chi connectivity index (χ0n) is 10.1. The summed E-state index contributed by atoms with van der Waals surface area (Å²) in [6.45, 7) is 3.12. The second-order valence-corrected chi connectivity index (χ2v) is 4.79. The third-order valence-corrected chi connectivity index (χ3v) is 3.04. The smallest absolute Gasteiger partial charge is 0.194 e. The molecule has 0 bridgehead atoms. The van der Waals surface area contributed by atoms with Crippen molar-refractivity contribution in [3.8, 4) is 5.75 Å². The van der Waals surface area contributed by atoms with Crippen LogP contribution in [-0.4, -0.2) is 23.0 Å². The van der Waals surface area contributed by atoms with Gasteiger partial charge in [0.25, 0.3) is 0 Å². The van der Waals surface area contributed by atoms with E-state index in [1.807, 2.05) is 0 Å². The fourth-order valence-corrected chi connectivity index (χ4v) is 1.94. The Morgan fingerprint density at radius 2 is 1.89 bits per heavy atom. The average molecular weight is 244 g/mol. The zero-order chi connectivity index (χ0) is 13.5. The van der Waals surface area contributed by atoms with Crippen LogP contribution in [0, 0.1) is 5.41 Å². The SMILES string of the molecule is CC(C)(C=O)C1=CC(=O)c2cccc(O)c2C1=O. The van der Waals surface area contributed by atoms with E-state index in [0.717, 1.165) is 0 Å². The molecule has 1 N–H and O–H groups in total. The number of ketones is 2. The first-order valence-electron chi connectivity index (χ1n) is 5.48. The molecule has 0 fully saturated rings. The summed E-state index contributed by atoms with van der Waals surface area (Å²) in [6.07, 6.45) is 1.80. The molecule has 4 nitrogen and oxygen atoms in total.